The minimum atomic E-state index is 0.600. The zero-order chi connectivity index (χ0) is 12.8. The molecular weight excluding hydrogens is 222 g/mol. The number of nitrogens with one attached hydrogen (secondary N) is 2. The van der Waals surface area contributed by atoms with Crippen LogP contribution in [0.3, 0.4) is 0 Å². The second-order valence-corrected chi connectivity index (χ2v) is 5.45. The van der Waals surface area contributed by atoms with Crippen molar-refractivity contribution in [3.05, 3.63) is 18.2 Å². The van der Waals surface area contributed by atoms with E-state index in [-0.39, 0.29) is 0 Å². The molecule has 1 heterocycles. The fourth-order valence-electron chi connectivity index (χ4n) is 2.64. The highest BCUT2D eigenvalue weighted by molar-refractivity contribution is 5.45. The molecule has 0 saturated heterocycles. The molecular formula is C15H25N3. The maximum Gasteiger partial charge on any atom is 0.128 e. The average molecular weight is 247 g/mol. The quantitative estimate of drug-likeness (QED) is 0.828. The fourth-order valence-corrected chi connectivity index (χ4v) is 2.64. The van der Waals surface area contributed by atoms with Crippen molar-refractivity contribution in [2.75, 3.05) is 17.2 Å². The summed E-state index contributed by atoms with van der Waals surface area (Å²) >= 11 is 0. The molecule has 1 aliphatic carbocycles. The van der Waals surface area contributed by atoms with Gasteiger partial charge in [0.15, 0.2) is 0 Å². The van der Waals surface area contributed by atoms with Crippen LogP contribution in [0, 0.1) is 5.92 Å². The topological polar surface area (TPSA) is 37.0 Å². The minimum Gasteiger partial charge on any atom is -0.370 e. The number of hydrogen-bond donors (Lipinski definition) is 2. The van der Waals surface area contributed by atoms with E-state index in [9.17, 15) is 0 Å². The van der Waals surface area contributed by atoms with Gasteiger partial charge in [0.05, 0.1) is 0 Å². The highest BCUT2D eigenvalue weighted by Gasteiger charge is 2.18. The highest BCUT2D eigenvalue weighted by Crippen LogP contribution is 2.25. The summed E-state index contributed by atoms with van der Waals surface area (Å²) in [7, 11) is 0. The summed E-state index contributed by atoms with van der Waals surface area (Å²) in [5, 5.41) is 6.91. The third kappa shape index (κ3) is 3.90. The zero-order valence-corrected chi connectivity index (χ0v) is 11.6. The van der Waals surface area contributed by atoms with Crippen LogP contribution < -0.4 is 10.6 Å². The van der Waals surface area contributed by atoms with E-state index in [0.717, 1.165) is 30.5 Å². The summed E-state index contributed by atoms with van der Waals surface area (Å²) in [6, 6.07) is 6.77. The van der Waals surface area contributed by atoms with Crippen LogP contribution in [0.15, 0.2) is 18.2 Å². The van der Waals surface area contributed by atoms with E-state index in [2.05, 4.69) is 41.6 Å². The Morgan fingerprint density at radius 3 is 2.89 bits per heavy atom. The van der Waals surface area contributed by atoms with Gasteiger partial charge in [0.2, 0.25) is 0 Å². The van der Waals surface area contributed by atoms with E-state index in [1.54, 1.807) is 0 Å². The second kappa shape index (κ2) is 6.62. The van der Waals surface area contributed by atoms with E-state index in [1.165, 1.54) is 25.7 Å². The van der Waals surface area contributed by atoms with Gasteiger partial charge >= 0.3 is 0 Å². The Labute approximate surface area is 110 Å². The van der Waals surface area contributed by atoms with E-state index >= 15 is 0 Å². The molecule has 1 saturated carbocycles. The lowest BCUT2D eigenvalue weighted by molar-refractivity contribution is 0.358. The lowest BCUT2D eigenvalue weighted by Gasteiger charge is -2.28. The van der Waals surface area contributed by atoms with Crippen molar-refractivity contribution >= 4 is 11.6 Å². The largest absolute Gasteiger partial charge is 0.370 e. The van der Waals surface area contributed by atoms with Crippen LogP contribution in [0.25, 0.3) is 0 Å². The molecule has 0 bridgehead atoms. The molecule has 0 spiro atoms. The highest BCUT2D eigenvalue weighted by atomic mass is 15.1. The molecule has 0 aliphatic heterocycles. The van der Waals surface area contributed by atoms with Gasteiger partial charge in [0.1, 0.15) is 11.6 Å². The van der Waals surface area contributed by atoms with Gasteiger partial charge in [-0.1, -0.05) is 32.8 Å². The van der Waals surface area contributed by atoms with Crippen molar-refractivity contribution in [1.29, 1.82) is 0 Å². The maximum absolute atomic E-state index is 4.61. The number of pyridine rings is 1. The lowest BCUT2D eigenvalue weighted by atomic mass is 9.87. The second-order valence-electron chi connectivity index (χ2n) is 5.45. The first-order valence-electron chi connectivity index (χ1n) is 7.25. The molecule has 3 heteroatoms. The number of rotatable bonds is 5. The molecule has 0 radical (unpaired) electrons. The summed E-state index contributed by atoms with van der Waals surface area (Å²) in [5.41, 5.74) is 0. The first kappa shape index (κ1) is 13.2. The van der Waals surface area contributed by atoms with Crippen LogP contribution in [-0.2, 0) is 0 Å². The van der Waals surface area contributed by atoms with Crippen LogP contribution >= 0.6 is 0 Å². The van der Waals surface area contributed by atoms with Gasteiger partial charge in [-0.3, -0.25) is 0 Å². The number of aromatic nitrogens is 1. The van der Waals surface area contributed by atoms with Crippen LogP contribution in [0.2, 0.25) is 0 Å². The van der Waals surface area contributed by atoms with E-state index in [1.807, 2.05) is 6.07 Å². The summed E-state index contributed by atoms with van der Waals surface area (Å²) in [6.07, 6.45) is 6.39. The number of hydrogen-bond acceptors (Lipinski definition) is 3. The van der Waals surface area contributed by atoms with Gasteiger partial charge in [-0.2, -0.15) is 0 Å². The Hall–Kier alpha value is -1.25. The lowest BCUT2D eigenvalue weighted by Crippen LogP contribution is -2.26. The Balaban J connectivity index is 1.91. The number of nitrogens with zero attached hydrogens (tertiary/aromatic N) is 1. The molecule has 18 heavy (non-hydrogen) atoms. The predicted octanol–water partition coefficient (Wildman–Crippen LogP) is 3.89. The predicted molar refractivity (Wildman–Crippen MR) is 78.1 cm³/mol. The van der Waals surface area contributed by atoms with Crippen LogP contribution in [0.4, 0.5) is 11.6 Å². The third-order valence-corrected chi connectivity index (χ3v) is 3.59. The van der Waals surface area contributed by atoms with Gasteiger partial charge in [0, 0.05) is 12.6 Å². The maximum atomic E-state index is 4.61. The van der Waals surface area contributed by atoms with E-state index < -0.39 is 0 Å². The molecule has 0 amide bonds. The summed E-state index contributed by atoms with van der Waals surface area (Å²) < 4.78 is 0. The average Bonchev–Trinajstić information content (AvgIpc) is 2.37. The molecule has 100 valence electrons. The van der Waals surface area contributed by atoms with E-state index in [0.29, 0.717) is 6.04 Å². The van der Waals surface area contributed by atoms with Crippen LogP contribution in [0.1, 0.15) is 46.0 Å². The van der Waals surface area contributed by atoms with Gasteiger partial charge in [-0.05, 0) is 37.3 Å². The Kier molecular flexibility index (Phi) is 4.85. The molecule has 1 aromatic rings. The third-order valence-electron chi connectivity index (χ3n) is 3.59. The van der Waals surface area contributed by atoms with Crippen molar-refractivity contribution in [2.24, 2.45) is 5.92 Å². The van der Waals surface area contributed by atoms with Crippen LogP contribution in [0.5, 0.6) is 0 Å². The Morgan fingerprint density at radius 2 is 2.11 bits per heavy atom. The Bertz CT molecular complexity index is 365. The van der Waals surface area contributed by atoms with Crippen molar-refractivity contribution in [1.82, 2.24) is 4.98 Å². The molecule has 2 atom stereocenters. The first-order valence-corrected chi connectivity index (χ1v) is 7.25. The Morgan fingerprint density at radius 1 is 1.28 bits per heavy atom. The standard InChI is InChI=1S/C15H25N3/c1-3-10-16-14-8-5-9-15(18-14)17-13-7-4-6-12(2)11-13/h5,8-9,12-13H,3-4,6-7,10-11H2,1-2H3,(H2,16,17,18). The number of anilines is 2. The summed E-state index contributed by atoms with van der Waals surface area (Å²) in [5.74, 6) is 2.83. The first-order chi connectivity index (χ1) is 8.78. The van der Waals surface area contributed by atoms with Crippen LogP contribution in [-0.4, -0.2) is 17.6 Å². The molecule has 1 fully saturated rings. The van der Waals surface area contributed by atoms with Crippen molar-refractivity contribution in [2.45, 2.75) is 52.0 Å². The molecule has 2 N–H and O–H groups in total. The zero-order valence-electron chi connectivity index (χ0n) is 11.6. The van der Waals surface area contributed by atoms with E-state index in [4.69, 9.17) is 0 Å². The molecule has 1 aromatic heterocycles. The van der Waals surface area contributed by atoms with Gasteiger partial charge in [0.25, 0.3) is 0 Å². The summed E-state index contributed by atoms with van der Waals surface area (Å²) in [4.78, 5) is 4.61. The smallest absolute Gasteiger partial charge is 0.128 e. The molecule has 3 nitrogen and oxygen atoms in total. The van der Waals surface area contributed by atoms with Gasteiger partial charge in [-0.25, -0.2) is 4.98 Å². The SMILES string of the molecule is CCCNc1cccc(NC2CCCC(C)C2)n1. The fraction of sp³-hybridized carbons (Fsp3) is 0.667. The molecule has 0 aromatic carbocycles. The van der Waals surface area contributed by atoms with Gasteiger partial charge in [-0.15, -0.1) is 0 Å². The summed E-state index contributed by atoms with van der Waals surface area (Å²) in [6.45, 7) is 5.50. The van der Waals surface area contributed by atoms with Crippen molar-refractivity contribution in [3.8, 4) is 0 Å². The normalized spacial score (nSPS) is 23.7. The minimum absolute atomic E-state index is 0.600. The van der Waals surface area contributed by atoms with Crippen molar-refractivity contribution in [3.63, 3.8) is 0 Å². The molecule has 1 aliphatic rings. The molecule has 2 rings (SSSR count). The van der Waals surface area contributed by atoms with Gasteiger partial charge < -0.3 is 10.6 Å². The molecule has 2 unspecified atom stereocenters. The monoisotopic (exact) mass is 247 g/mol. The van der Waals surface area contributed by atoms with Crippen molar-refractivity contribution < 1.29 is 0 Å².